The van der Waals surface area contributed by atoms with Crippen molar-refractivity contribution in [3.63, 3.8) is 0 Å². The molecule has 17 heavy (non-hydrogen) atoms. The molecule has 0 spiro atoms. The summed E-state index contributed by atoms with van der Waals surface area (Å²) in [7, 11) is 0. The summed E-state index contributed by atoms with van der Waals surface area (Å²) in [6.07, 6.45) is 0. The Bertz CT molecular complexity index is 433. The number of esters is 1. The van der Waals surface area contributed by atoms with Crippen LogP contribution in [0.4, 0.5) is 0 Å². The Morgan fingerprint density at radius 1 is 1.41 bits per heavy atom. The zero-order valence-electron chi connectivity index (χ0n) is 9.33. The fourth-order valence-corrected chi connectivity index (χ4v) is 2.22. The van der Waals surface area contributed by atoms with E-state index in [1.54, 1.807) is 19.1 Å². The van der Waals surface area contributed by atoms with E-state index in [2.05, 4.69) is 6.58 Å². The van der Waals surface area contributed by atoms with Crippen molar-refractivity contribution in [3.05, 3.63) is 40.4 Å². The van der Waals surface area contributed by atoms with E-state index in [1.165, 1.54) is 11.8 Å². The Kier molecular flexibility index (Phi) is 5.89. The van der Waals surface area contributed by atoms with Gasteiger partial charge in [-0.15, -0.1) is 11.8 Å². The van der Waals surface area contributed by atoms with Crippen LogP contribution in [-0.4, -0.2) is 18.3 Å². The quantitative estimate of drug-likeness (QED) is 0.462. The molecule has 0 amide bonds. The van der Waals surface area contributed by atoms with E-state index in [0.717, 1.165) is 4.90 Å². The zero-order valence-corrected chi connectivity index (χ0v) is 11.7. The van der Waals surface area contributed by atoms with Crippen molar-refractivity contribution in [1.29, 1.82) is 0 Å². The molecular weight excluding hydrogens is 279 g/mol. The first kappa shape index (κ1) is 14.4. The van der Waals surface area contributed by atoms with Crippen LogP contribution >= 0.6 is 35.0 Å². The first-order valence-electron chi connectivity index (χ1n) is 4.97. The molecule has 5 heteroatoms. The minimum absolute atomic E-state index is 0.356. The van der Waals surface area contributed by atoms with E-state index in [1.807, 2.05) is 6.07 Å². The number of ether oxygens (including phenoxy) is 1. The molecule has 1 aromatic carbocycles. The number of rotatable bonds is 5. The predicted octanol–water partition coefficient (Wildman–Crippen LogP) is 4.20. The molecule has 0 aromatic heterocycles. The molecule has 0 saturated heterocycles. The largest absolute Gasteiger partial charge is 0.463 e. The molecule has 0 aliphatic heterocycles. The molecule has 2 nitrogen and oxygen atoms in total. The standard InChI is InChI=1S/C12H12Cl2O2S/c1-3-16-12(15)8(2)7-17-9-4-5-10(13)11(14)6-9/h4-6H,2-3,7H2,1H3. The Morgan fingerprint density at radius 3 is 2.71 bits per heavy atom. The number of hydrogen-bond acceptors (Lipinski definition) is 3. The Labute approximate surface area is 115 Å². The molecule has 0 radical (unpaired) electrons. The van der Waals surface area contributed by atoms with Gasteiger partial charge in [0.25, 0.3) is 0 Å². The van der Waals surface area contributed by atoms with Crippen LogP contribution in [0, 0.1) is 0 Å². The third-order valence-electron chi connectivity index (χ3n) is 1.87. The van der Waals surface area contributed by atoms with Gasteiger partial charge < -0.3 is 4.74 Å². The lowest BCUT2D eigenvalue weighted by Crippen LogP contribution is -2.08. The Hall–Kier alpha value is -0.640. The summed E-state index contributed by atoms with van der Waals surface area (Å²) in [5.74, 6) is 0.108. The third-order valence-corrected chi connectivity index (χ3v) is 3.69. The van der Waals surface area contributed by atoms with Crippen molar-refractivity contribution in [3.8, 4) is 0 Å². The Morgan fingerprint density at radius 2 is 2.12 bits per heavy atom. The monoisotopic (exact) mass is 290 g/mol. The van der Waals surface area contributed by atoms with Crippen molar-refractivity contribution < 1.29 is 9.53 Å². The van der Waals surface area contributed by atoms with Gasteiger partial charge in [0.05, 0.1) is 16.7 Å². The van der Waals surface area contributed by atoms with Gasteiger partial charge in [-0.3, -0.25) is 0 Å². The average molecular weight is 291 g/mol. The number of thioether (sulfide) groups is 1. The fraction of sp³-hybridized carbons (Fsp3) is 0.250. The second kappa shape index (κ2) is 6.94. The molecule has 92 valence electrons. The number of hydrogen-bond donors (Lipinski definition) is 0. The lowest BCUT2D eigenvalue weighted by molar-refractivity contribution is -0.138. The molecule has 1 aromatic rings. The van der Waals surface area contributed by atoms with Gasteiger partial charge in [0.2, 0.25) is 0 Å². The zero-order chi connectivity index (χ0) is 12.8. The van der Waals surface area contributed by atoms with Crippen LogP contribution in [0.25, 0.3) is 0 Å². The first-order valence-corrected chi connectivity index (χ1v) is 6.71. The van der Waals surface area contributed by atoms with Crippen LogP contribution in [0.3, 0.4) is 0 Å². The molecule has 0 saturated carbocycles. The third kappa shape index (κ3) is 4.62. The lowest BCUT2D eigenvalue weighted by Gasteiger charge is -2.05. The molecule has 0 fully saturated rings. The van der Waals surface area contributed by atoms with Gasteiger partial charge in [0, 0.05) is 16.2 Å². The van der Waals surface area contributed by atoms with Crippen LogP contribution in [0.2, 0.25) is 10.0 Å². The molecule has 0 aliphatic carbocycles. The van der Waals surface area contributed by atoms with Crippen molar-refractivity contribution in [2.75, 3.05) is 12.4 Å². The minimum Gasteiger partial charge on any atom is -0.463 e. The van der Waals surface area contributed by atoms with Gasteiger partial charge in [0.15, 0.2) is 0 Å². The Balaban J connectivity index is 2.53. The maximum atomic E-state index is 11.3. The van der Waals surface area contributed by atoms with Gasteiger partial charge in [-0.25, -0.2) is 4.79 Å². The van der Waals surface area contributed by atoms with E-state index in [4.69, 9.17) is 27.9 Å². The van der Waals surface area contributed by atoms with E-state index < -0.39 is 0 Å². The highest BCUT2D eigenvalue weighted by Crippen LogP contribution is 2.28. The van der Waals surface area contributed by atoms with Crippen molar-refractivity contribution >= 4 is 40.9 Å². The fourth-order valence-electron chi connectivity index (χ4n) is 1.03. The smallest absolute Gasteiger partial charge is 0.334 e. The van der Waals surface area contributed by atoms with Crippen LogP contribution in [0.1, 0.15) is 6.92 Å². The van der Waals surface area contributed by atoms with E-state index in [9.17, 15) is 4.79 Å². The van der Waals surface area contributed by atoms with E-state index >= 15 is 0 Å². The van der Waals surface area contributed by atoms with Crippen LogP contribution in [0.5, 0.6) is 0 Å². The lowest BCUT2D eigenvalue weighted by atomic mass is 10.3. The summed E-state index contributed by atoms with van der Waals surface area (Å²) < 4.78 is 4.84. The average Bonchev–Trinajstić information content (AvgIpc) is 2.30. The predicted molar refractivity (Wildman–Crippen MR) is 73.0 cm³/mol. The molecular formula is C12H12Cl2O2S. The minimum atomic E-state index is -0.361. The SMILES string of the molecule is C=C(CSc1ccc(Cl)c(Cl)c1)C(=O)OCC. The van der Waals surface area contributed by atoms with Crippen molar-refractivity contribution in [2.45, 2.75) is 11.8 Å². The second-order valence-corrected chi connectivity index (χ2v) is 5.05. The highest BCUT2D eigenvalue weighted by atomic mass is 35.5. The van der Waals surface area contributed by atoms with Gasteiger partial charge in [-0.1, -0.05) is 29.8 Å². The van der Waals surface area contributed by atoms with Gasteiger partial charge in [0.1, 0.15) is 0 Å². The van der Waals surface area contributed by atoms with E-state index in [-0.39, 0.29) is 5.97 Å². The highest BCUT2D eigenvalue weighted by Gasteiger charge is 2.08. The summed E-state index contributed by atoms with van der Waals surface area (Å²) in [5.41, 5.74) is 0.433. The molecule has 0 unspecified atom stereocenters. The molecule has 0 heterocycles. The number of carbonyl (C=O) groups excluding carboxylic acids is 1. The maximum absolute atomic E-state index is 11.3. The normalized spacial score (nSPS) is 10.1. The van der Waals surface area contributed by atoms with Crippen molar-refractivity contribution in [1.82, 2.24) is 0 Å². The van der Waals surface area contributed by atoms with Crippen LogP contribution < -0.4 is 0 Å². The number of carbonyl (C=O) groups is 1. The summed E-state index contributed by atoms with van der Waals surface area (Å²) >= 11 is 13.1. The van der Waals surface area contributed by atoms with Gasteiger partial charge in [-0.05, 0) is 25.1 Å². The van der Waals surface area contributed by atoms with Gasteiger partial charge >= 0.3 is 5.97 Å². The van der Waals surface area contributed by atoms with E-state index in [0.29, 0.717) is 28.0 Å². The van der Waals surface area contributed by atoms with Gasteiger partial charge in [-0.2, -0.15) is 0 Å². The summed E-state index contributed by atoms with van der Waals surface area (Å²) in [6, 6.07) is 5.32. The molecule has 0 atom stereocenters. The van der Waals surface area contributed by atoms with Crippen LogP contribution in [0.15, 0.2) is 35.2 Å². The number of halogens is 2. The first-order chi connectivity index (χ1) is 8.04. The summed E-state index contributed by atoms with van der Waals surface area (Å²) in [6.45, 7) is 5.79. The molecule has 0 N–H and O–H groups in total. The summed E-state index contributed by atoms with van der Waals surface area (Å²) in [5, 5.41) is 1.01. The number of benzene rings is 1. The highest BCUT2D eigenvalue weighted by molar-refractivity contribution is 7.99. The molecule has 1 rings (SSSR count). The molecule has 0 aliphatic rings. The van der Waals surface area contributed by atoms with Crippen LogP contribution in [-0.2, 0) is 9.53 Å². The summed E-state index contributed by atoms with van der Waals surface area (Å²) in [4.78, 5) is 12.2. The second-order valence-electron chi connectivity index (χ2n) is 3.19. The molecule has 0 bridgehead atoms. The maximum Gasteiger partial charge on any atom is 0.334 e. The van der Waals surface area contributed by atoms with Crippen molar-refractivity contribution in [2.24, 2.45) is 0 Å². The topological polar surface area (TPSA) is 26.3 Å².